The fourth-order valence-corrected chi connectivity index (χ4v) is 5.88. The lowest BCUT2D eigenvalue weighted by atomic mass is 9.99. The molecule has 0 aliphatic carbocycles. The molecular weight excluding hydrogens is 558 g/mol. The first kappa shape index (κ1) is 27.4. The molecule has 0 aliphatic heterocycles. The van der Waals surface area contributed by atoms with Gasteiger partial charge in [0.15, 0.2) is 5.82 Å². The van der Waals surface area contributed by atoms with Gasteiger partial charge in [-0.1, -0.05) is 146 Å². The van der Waals surface area contributed by atoms with Gasteiger partial charge in [-0.2, -0.15) is 0 Å². The van der Waals surface area contributed by atoms with Crippen molar-refractivity contribution in [3.63, 3.8) is 0 Å². The summed E-state index contributed by atoms with van der Waals surface area (Å²) in [5.41, 5.74) is 11.4. The average molecular weight is 588 g/mol. The molecule has 0 saturated carbocycles. The third-order valence-corrected chi connectivity index (χ3v) is 8.33. The highest BCUT2D eigenvalue weighted by Crippen LogP contribution is 2.32. The molecule has 2 heterocycles. The number of hydrogen-bond acceptors (Lipinski definition) is 3. The van der Waals surface area contributed by atoms with Gasteiger partial charge >= 0.3 is 0 Å². The minimum atomic E-state index is 0.690. The first-order valence-electron chi connectivity index (χ1n) is 15.4. The van der Waals surface area contributed by atoms with Gasteiger partial charge in [0.25, 0.3) is 0 Å². The molecule has 6 aromatic carbocycles. The second-order valence-corrected chi connectivity index (χ2v) is 11.3. The van der Waals surface area contributed by atoms with Gasteiger partial charge in [-0.25, -0.2) is 9.97 Å². The van der Waals surface area contributed by atoms with Crippen molar-refractivity contribution in [2.45, 2.75) is 0 Å². The lowest BCUT2D eigenvalue weighted by Crippen LogP contribution is -1.96. The van der Waals surface area contributed by atoms with E-state index < -0.39 is 0 Å². The van der Waals surface area contributed by atoms with E-state index in [9.17, 15) is 0 Å². The lowest BCUT2D eigenvalue weighted by Gasteiger charge is -2.12. The van der Waals surface area contributed by atoms with Gasteiger partial charge < -0.3 is 0 Å². The highest BCUT2D eigenvalue weighted by molar-refractivity contribution is 5.85. The van der Waals surface area contributed by atoms with Crippen molar-refractivity contribution in [2.24, 2.45) is 0 Å². The van der Waals surface area contributed by atoms with Gasteiger partial charge in [0.2, 0.25) is 0 Å². The molecule has 46 heavy (non-hydrogen) atoms. The van der Waals surface area contributed by atoms with Crippen LogP contribution in [0.3, 0.4) is 0 Å². The van der Waals surface area contributed by atoms with E-state index >= 15 is 0 Å². The summed E-state index contributed by atoms with van der Waals surface area (Å²) in [6, 6.07) is 59.0. The number of fused-ring (bicyclic) bond motifs is 1. The summed E-state index contributed by atoms with van der Waals surface area (Å²) in [6.07, 6.45) is 1.94. The Kier molecular flexibility index (Phi) is 7.18. The van der Waals surface area contributed by atoms with E-state index in [4.69, 9.17) is 15.0 Å². The number of rotatable bonds is 6. The quantitative estimate of drug-likeness (QED) is 0.194. The van der Waals surface area contributed by atoms with Crippen LogP contribution in [0.4, 0.5) is 0 Å². The highest BCUT2D eigenvalue weighted by atomic mass is 14.9. The van der Waals surface area contributed by atoms with Crippen molar-refractivity contribution in [1.82, 2.24) is 15.0 Å². The first-order chi connectivity index (χ1) is 22.8. The van der Waals surface area contributed by atoms with Crippen LogP contribution in [0.25, 0.3) is 78.2 Å². The van der Waals surface area contributed by atoms with Gasteiger partial charge in [0.1, 0.15) is 0 Å². The van der Waals surface area contributed by atoms with Crippen LogP contribution in [0.2, 0.25) is 0 Å². The smallest absolute Gasteiger partial charge is 0.160 e. The number of benzene rings is 6. The zero-order chi connectivity index (χ0) is 30.7. The minimum absolute atomic E-state index is 0.690. The minimum Gasteiger partial charge on any atom is -0.256 e. The molecule has 0 N–H and O–H groups in total. The van der Waals surface area contributed by atoms with Crippen LogP contribution in [-0.2, 0) is 0 Å². The molecule has 0 radical (unpaired) electrons. The Morgan fingerprint density at radius 1 is 0.283 bits per heavy atom. The molecule has 3 nitrogen and oxygen atoms in total. The van der Waals surface area contributed by atoms with Crippen molar-refractivity contribution < 1.29 is 0 Å². The SMILES string of the molecule is c1ccc(-c2cccc(-c3cc(-c4ccc(-c5cc6ccccc6cn5)cc4)nc(-c4cccc(-c5ccccc5)c4)n3)c2)cc1. The van der Waals surface area contributed by atoms with E-state index in [1.165, 1.54) is 10.9 Å². The number of nitrogens with zero attached hydrogens (tertiary/aromatic N) is 3. The van der Waals surface area contributed by atoms with Crippen LogP contribution in [-0.4, -0.2) is 15.0 Å². The summed E-state index contributed by atoms with van der Waals surface area (Å²) in [4.78, 5) is 15.0. The van der Waals surface area contributed by atoms with Crippen LogP contribution >= 0.6 is 0 Å². The van der Waals surface area contributed by atoms with Gasteiger partial charge in [0.05, 0.1) is 17.1 Å². The summed E-state index contributed by atoms with van der Waals surface area (Å²) in [7, 11) is 0. The Balaban J connectivity index is 1.23. The van der Waals surface area contributed by atoms with Crippen molar-refractivity contribution in [3.8, 4) is 67.4 Å². The Morgan fingerprint density at radius 3 is 1.41 bits per heavy atom. The molecule has 3 heteroatoms. The van der Waals surface area contributed by atoms with Crippen molar-refractivity contribution in [1.29, 1.82) is 0 Å². The third-order valence-electron chi connectivity index (χ3n) is 8.33. The number of pyridine rings is 1. The Bertz CT molecular complexity index is 2190. The molecule has 216 valence electrons. The molecule has 8 rings (SSSR count). The standard InChI is InChI=1S/C43H29N3/c1-3-11-30(12-4-1)34-17-9-19-37(25-34)42-28-41(45-43(46-42)38-20-10-18-35(26-38)31-13-5-2-6-14-31)33-23-21-32(22-24-33)40-27-36-15-7-8-16-39(36)29-44-40/h1-29H. The second-order valence-electron chi connectivity index (χ2n) is 11.3. The van der Waals surface area contributed by atoms with E-state index in [1.54, 1.807) is 0 Å². The zero-order valence-electron chi connectivity index (χ0n) is 25.1. The average Bonchev–Trinajstić information content (AvgIpc) is 3.15. The zero-order valence-corrected chi connectivity index (χ0v) is 25.1. The first-order valence-corrected chi connectivity index (χ1v) is 15.4. The maximum Gasteiger partial charge on any atom is 0.160 e. The molecule has 0 atom stereocenters. The Hall–Kier alpha value is -6.19. The summed E-state index contributed by atoms with van der Waals surface area (Å²) >= 11 is 0. The highest BCUT2D eigenvalue weighted by Gasteiger charge is 2.13. The van der Waals surface area contributed by atoms with Crippen LogP contribution < -0.4 is 0 Å². The molecule has 2 aromatic heterocycles. The fraction of sp³-hybridized carbons (Fsp3) is 0. The summed E-state index contributed by atoms with van der Waals surface area (Å²) in [5.74, 6) is 0.690. The molecule has 0 bridgehead atoms. The molecule has 0 amide bonds. The Morgan fingerprint density at radius 2 is 0.761 bits per heavy atom. The van der Waals surface area contributed by atoms with E-state index in [1.807, 2.05) is 24.4 Å². The lowest BCUT2D eigenvalue weighted by molar-refractivity contribution is 1.18. The van der Waals surface area contributed by atoms with Crippen molar-refractivity contribution in [2.75, 3.05) is 0 Å². The molecule has 0 saturated heterocycles. The van der Waals surface area contributed by atoms with Crippen molar-refractivity contribution >= 4 is 10.8 Å². The van der Waals surface area contributed by atoms with Crippen molar-refractivity contribution in [3.05, 3.63) is 176 Å². The maximum absolute atomic E-state index is 5.14. The van der Waals surface area contributed by atoms with Crippen LogP contribution in [0, 0.1) is 0 Å². The molecule has 0 aliphatic rings. The topological polar surface area (TPSA) is 38.7 Å². The summed E-state index contributed by atoms with van der Waals surface area (Å²) < 4.78 is 0. The molecule has 0 unspecified atom stereocenters. The maximum atomic E-state index is 5.14. The van der Waals surface area contributed by atoms with Crippen LogP contribution in [0.5, 0.6) is 0 Å². The molecule has 8 aromatic rings. The molecular formula is C43H29N3. The Labute approximate surface area is 268 Å². The predicted octanol–water partition coefficient (Wildman–Crippen LogP) is 11.0. The second kappa shape index (κ2) is 12.1. The largest absolute Gasteiger partial charge is 0.256 e. The van der Waals surface area contributed by atoms with Gasteiger partial charge in [-0.15, -0.1) is 0 Å². The predicted molar refractivity (Wildman–Crippen MR) is 190 cm³/mol. The summed E-state index contributed by atoms with van der Waals surface area (Å²) in [6.45, 7) is 0. The van der Waals surface area contributed by atoms with E-state index in [2.05, 4.69) is 152 Å². The fourth-order valence-electron chi connectivity index (χ4n) is 5.88. The van der Waals surface area contributed by atoms with Crippen LogP contribution in [0.1, 0.15) is 0 Å². The molecule has 0 fully saturated rings. The van der Waals surface area contributed by atoms with Gasteiger partial charge in [-0.3, -0.25) is 4.98 Å². The monoisotopic (exact) mass is 587 g/mol. The van der Waals surface area contributed by atoms with E-state index in [0.717, 1.165) is 61.4 Å². The number of aromatic nitrogens is 3. The van der Waals surface area contributed by atoms with Gasteiger partial charge in [0, 0.05) is 33.8 Å². The number of hydrogen-bond donors (Lipinski definition) is 0. The van der Waals surface area contributed by atoms with Crippen LogP contribution in [0.15, 0.2) is 176 Å². The summed E-state index contributed by atoms with van der Waals surface area (Å²) in [5, 5.41) is 2.31. The van der Waals surface area contributed by atoms with E-state index in [-0.39, 0.29) is 0 Å². The normalized spacial score (nSPS) is 11.0. The van der Waals surface area contributed by atoms with E-state index in [0.29, 0.717) is 5.82 Å². The third kappa shape index (κ3) is 5.58. The van der Waals surface area contributed by atoms with Gasteiger partial charge in [-0.05, 0) is 51.9 Å². The molecule has 0 spiro atoms.